The van der Waals surface area contributed by atoms with Crippen molar-refractivity contribution < 1.29 is 4.52 Å². The van der Waals surface area contributed by atoms with Crippen molar-refractivity contribution >= 4 is 0 Å². The molecule has 0 amide bonds. The van der Waals surface area contributed by atoms with Gasteiger partial charge in [0.2, 0.25) is 5.89 Å². The first-order chi connectivity index (χ1) is 8.24. The molecule has 2 aromatic rings. The molecule has 0 radical (unpaired) electrons. The van der Waals surface area contributed by atoms with Gasteiger partial charge in [0.05, 0.1) is 6.54 Å². The van der Waals surface area contributed by atoms with E-state index in [1.807, 2.05) is 18.3 Å². The minimum Gasteiger partial charge on any atom is -0.338 e. The van der Waals surface area contributed by atoms with E-state index in [1.54, 1.807) is 6.20 Å². The highest BCUT2D eigenvalue weighted by atomic mass is 16.5. The van der Waals surface area contributed by atoms with Crippen LogP contribution in [0.15, 0.2) is 29.0 Å². The number of nitrogens with one attached hydrogen (secondary N) is 1. The van der Waals surface area contributed by atoms with Crippen molar-refractivity contribution in [2.24, 2.45) is 0 Å². The molecule has 0 saturated heterocycles. The van der Waals surface area contributed by atoms with Crippen LogP contribution < -0.4 is 5.32 Å². The maximum atomic E-state index is 5.14. The lowest BCUT2D eigenvalue weighted by Gasteiger charge is -2.02. The molecule has 2 heterocycles. The molecule has 0 spiro atoms. The molecule has 5 heteroatoms. The summed E-state index contributed by atoms with van der Waals surface area (Å²) in [5, 5.41) is 7.17. The Morgan fingerprint density at radius 3 is 3.00 bits per heavy atom. The Kier molecular flexibility index (Phi) is 3.82. The van der Waals surface area contributed by atoms with Gasteiger partial charge in [0.25, 0.3) is 0 Å². The third-order valence-electron chi connectivity index (χ3n) is 2.26. The van der Waals surface area contributed by atoms with Gasteiger partial charge in [-0.2, -0.15) is 4.98 Å². The van der Waals surface area contributed by atoms with Gasteiger partial charge >= 0.3 is 0 Å². The third kappa shape index (κ3) is 3.64. The number of hydrogen-bond acceptors (Lipinski definition) is 5. The average Bonchev–Trinajstić information content (AvgIpc) is 2.75. The van der Waals surface area contributed by atoms with E-state index < -0.39 is 0 Å². The highest BCUT2D eigenvalue weighted by Gasteiger charge is 2.07. The molecule has 0 aliphatic heterocycles. The van der Waals surface area contributed by atoms with E-state index in [-0.39, 0.29) is 0 Å². The number of aromatic nitrogens is 3. The minimum absolute atomic E-state index is 0.406. The molecule has 0 unspecified atom stereocenters. The maximum absolute atomic E-state index is 5.14. The zero-order chi connectivity index (χ0) is 12.1. The topological polar surface area (TPSA) is 63.8 Å². The van der Waals surface area contributed by atoms with Crippen LogP contribution in [0.1, 0.15) is 31.1 Å². The fourth-order valence-corrected chi connectivity index (χ4v) is 1.41. The van der Waals surface area contributed by atoms with E-state index in [9.17, 15) is 0 Å². The Morgan fingerprint density at radius 1 is 1.41 bits per heavy atom. The van der Waals surface area contributed by atoms with Crippen LogP contribution in [0, 0.1) is 0 Å². The van der Waals surface area contributed by atoms with Gasteiger partial charge in [-0.15, -0.1) is 0 Å². The summed E-state index contributed by atoms with van der Waals surface area (Å²) in [6.45, 7) is 4.76. The molecule has 90 valence electrons. The van der Waals surface area contributed by atoms with Gasteiger partial charge in [0.15, 0.2) is 5.82 Å². The number of hydrogen-bond donors (Lipinski definition) is 1. The molecule has 0 atom stereocenters. The first-order valence-electron chi connectivity index (χ1n) is 5.68. The van der Waals surface area contributed by atoms with Crippen LogP contribution in [-0.2, 0) is 13.0 Å². The lowest BCUT2D eigenvalue weighted by atomic mass is 10.2. The molecule has 0 aliphatic carbocycles. The second-order valence-corrected chi connectivity index (χ2v) is 4.18. The zero-order valence-electron chi connectivity index (χ0n) is 10.1. The van der Waals surface area contributed by atoms with E-state index in [1.165, 1.54) is 0 Å². The quantitative estimate of drug-likeness (QED) is 0.847. The van der Waals surface area contributed by atoms with Crippen molar-refractivity contribution in [3.05, 3.63) is 41.8 Å². The van der Waals surface area contributed by atoms with Gasteiger partial charge in [0, 0.05) is 24.9 Å². The number of pyridine rings is 1. The van der Waals surface area contributed by atoms with Crippen LogP contribution >= 0.6 is 0 Å². The monoisotopic (exact) mass is 232 g/mol. The van der Waals surface area contributed by atoms with Crippen LogP contribution in [0.4, 0.5) is 0 Å². The second-order valence-electron chi connectivity index (χ2n) is 4.18. The Bertz CT molecular complexity index is 453. The summed E-state index contributed by atoms with van der Waals surface area (Å²) in [6, 6.07) is 4.30. The lowest BCUT2D eigenvalue weighted by molar-refractivity contribution is 0.358. The molecule has 0 bridgehead atoms. The zero-order valence-corrected chi connectivity index (χ0v) is 10.1. The van der Waals surface area contributed by atoms with Gasteiger partial charge in [-0.1, -0.05) is 25.1 Å². The summed E-state index contributed by atoms with van der Waals surface area (Å²) in [6.07, 6.45) is 4.21. The Hall–Kier alpha value is -1.75. The molecule has 1 N–H and O–H groups in total. The molecule has 2 rings (SSSR count). The van der Waals surface area contributed by atoms with Crippen LogP contribution in [0.2, 0.25) is 0 Å². The van der Waals surface area contributed by atoms with Gasteiger partial charge in [0.1, 0.15) is 0 Å². The molecule has 2 aromatic heterocycles. The van der Waals surface area contributed by atoms with Crippen molar-refractivity contribution in [1.82, 2.24) is 20.4 Å². The van der Waals surface area contributed by atoms with Crippen molar-refractivity contribution in [1.29, 1.82) is 0 Å². The molecule has 0 fully saturated rings. The normalized spacial score (nSPS) is 11.0. The van der Waals surface area contributed by atoms with Crippen molar-refractivity contribution in [3.8, 4) is 0 Å². The summed E-state index contributed by atoms with van der Waals surface area (Å²) in [5.41, 5.74) is 1.08. The summed E-state index contributed by atoms with van der Waals surface area (Å²) in [7, 11) is 0. The van der Waals surface area contributed by atoms with Gasteiger partial charge in [-0.25, -0.2) is 0 Å². The fourth-order valence-electron chi connectivity index (χ4n) is 1.41. The molecule has 0 aliphatic rings. The third-order valence-corrected chi connectivity index (χ3v) is 2.26. The molecule has 0 aromatic carbocycles. The minimum atomic E-state index is 0.406. The predicted molar refractivity (Wildman–Crippen MR) is 63.3 cm³/mol. The lowest BCUT2D eigenvalue weighted by Crippen LogP contribution is -2.21. The first-order valence-corrected chi connectivity index (χ1v) is 5.68. The van der Waals surface area contributed by atoms with Gasteiger partial charge < -0.3 is 9.84 Å². The average molecular weight is 232 g/mol. The van der Waals surface area contributed by atoms with Gasteiger partial charge in [-0.3, -0.25) is 4.98 Å². The van der Waals surface area contributed by atoms with E-state index >= 15 is 0 Å². The molecular weight excluding hydrogens is 216 g/mol. The van der Waals surface area contributed by atoms with Crippen molar-refractivity contribution in [2.45, 2.75) is 32.9 Å². The predicted octanol–water partition coefficient (Wildman–Crippen LogP) is 1.55. The number of nitrogens with zero attached hydrogens (tertiary/aromatic N) is 3. The highest BCUT2D eigenvalue weighted by molar-refractivity contribution is 5.13. The Morgan fingerprint density at radius 2 is 2.29 bits per heavy atom. The van der Waals surface area contributed by atoms with E-state index in [4.69, 9.17) is 4.52 Å². The van der Waals surface area contributed by atoms with Crippen LogP contribution in [0.5, 0.6) is 0 Å². The van der Waals surface area contributed by atoms with Gasteiger partial charge in [-0.05, 0) is 11.6 Å². The molecule has 5 nitrogen and oxygen atoms in total. The van der Waals surface area contributed by atoms with E-state index in [2.05, 4.69) is 34.3 Å². The highest BCUT2D eigenvalue weighted by Crippen LogP contribution is 2.05. The summed E-state index contributed by atoms with van der Waals surface area (Å²) < 4.78 is 5.14. The second kappa shape index (κ2) is 5.54. The van der Waals surface area contributed by atoms with E-state index in [0.717, 1.165) is 5.56 Å². The SMILES string of the molecule is CC(C)NCc1nc(Cc2cccnc2)no1. The van der Waals surface area contributed by atoms with Crippen LogP contribution in [0.3, 0.4) is 0 Å². The largest absolute Gasteiger partial charge is 0.338 e. The summed E-state index contributed by atoms with van der Waals surface area (Å²) >= 11 is 0. The Balaban J connectivity index is 1.94. The maximum Gasteiger partial charge on any atom is 0.240 e. The molecule has 17 heavy (non-hydrogen) atoms. The standard InChI is InChI=1S/C12H16N4O/c1-9(2)14-8-12-15-11(16-17-12)6-10-4-3-5-13-7-10/h3-5,7,9,14H,6,8H2,1-2H3. The van der Waals surface area contributed by atoms with Crippen molar-refractivity contribution in [2.75, 3.05) is 0 Å². The molecular formula is C12H16N4O. The van der Waals surface area contributed by atoms with Crippen molar-refractivity contribution in [3.63, 3.8) is 0 Å². The fraction of sp³-hybridized carbons (Fsp3) is 0.417. The first kappa shape index (κ1) is 11.7. The Labute approximate surface area is 100 Å². The van der Waals surface area contributed by atoms with E-state index in [0.29, 0.717) is 30.7 Å². The summed E-state index contributed by atoms with van der Waals surface area (Å²) in [4.78, 5) is 8.36. The summed E-state index contributed by atoms with van der Waals surface area (Å²) in [5.74, 6) is 1.32. The molecule has 0 saturated carbocycles. The van der Waals surface area contributed by atoms with Crippen LogP contribution in [0.25, 0.3) is 0 Å². The van der Waals surface area contributed by atoms with Crippen LogP contribution in [-0.4, -0.2) is 21.2 Å². The smallest absolute Gasteiger partial charge is 0.240 e. The number of rotatable bonds is 5.